The highest BCUT2D eigenvalue weighted by molar-refractivity contribution is 5.45. The number of morpholine rings is 1. The third-order valence-corrected chi connectivity index (χ3v) is 3.22. The summed E-state index contributed by atoms with van der Waals surface area (Å²) in [6.45, 7) is 8.65. The Morgan fingerprint density at radius 1 is 1.50 bits per heavy atom. The fourth-order valence-electron chi connectivity index (χ4n) is 2.18. The number of hydrogen-bond acceptors (Lipinski definition) is 5. The van der Waals surface area contributed by atoms with Crippen LogP contribution in [0.3, 0.4) is 0 Å². The lowest BCUT2D eigenvalue weighted by molar-refractivity contribution is 0.0381. The van der Waals surface area contributed by atoms with E-state index in [0.29, 0.717) is 6.10 Å². The zero-order chi connectivity index (χ0) is 12.8. The maximum Gasteiger partial charge on any atom is 0.136 e. The van der Waals surface area contributed by atoms with E-state index in [1.807, 2.05) is 6.20 Å². The van der Waals surface area contributed by atoms with E-state index < -0.39 is 0 Å². The van der Waals surface area contributed by atoms with E-state index in [9.17, 15) is 0 Å². The van der Waals surface area contributed by atoms with E-state index in [0.717, 1.165) is 50.6 Å². The summed E-state index contributed by atoms with van der Waals surface area (Å²) in [6.07, 6.45) is 4.90. The van der Waals surface area contributed by atoms with Crippen LogP contribution in [0.2, 0.25) is 0 Å². The van der Waals surface area contributed by atoms with E-state index in [4.69, 9.17) is 4.74 Å². The fraction of sp³-hybridized carbons (Fsp3) is 0.692. The molecule has 1 aromatic heterocycles. The van der Waals surface area contributed by atoms with Gasteiger partial charge in [0.2, 0.25) is 0 Å². The van der Waals surface area contributed by atoms with Gasteiger partial charge < -0.3 is 15.0 Å². The predicted molar refractivity (Wildman–Crippen MR) is 71.7 cm³/mol. The average Bonchev–Trinajstić information content (AvgIpc) is 2.45. The first-order valence-electron chi connectivity index (χ1n) is 6.71. The molecule has 100 valence electrons. The first-order valence-corrected chi connectivity index (χ1v) is 6.71. The second kappa shape index (κ2) is 6.66. The monoisotopic (exact) mass is 250 g/mol. The second-order valence-corrected chi connectivity index (χ2v) is 4.50. The zero-order valence-corrected chi connectivity index (χ0v) is 11.2. The smallest absolute Gasteiger partial charge is 0.136 e. The quantitative estimate of drug-likeness (QED) is 0.851. The van der Waals surface area contributed by atoms with Crippen molar-refractivity contribution in [1.29, 1.82) is 0 Å². The molecule has 0 amide bonds. The fourth-order valence-corrected chi connectivity index (χ4v) is 2.18. The Morgan fingerprint density at radius 2 is 2.39 bits per heavy atom. The van der Waals surface area contributed by atoms with Crippen LogP contribution in [-0.2, 0) is 11.3 Å². The average molecular weight is 250 g/mol. The lowest BCUT2D eigenvalue weighted by Gasteiger charge is -2.34. The largest absolute Gasteiger partial charge is 0.375 e. The molecule has 1 fully saturated rings. The minimum atomic E-state index is 0.320. The van der Waals surface area contributed by atoms with Gasteiger partial charge in [0.25, 0.3) is 0 Å². The molecule has 1 unspecified atom stereocenters. The molecule has 1 aliphatic heterocycles. The van der Waals surface area contributed by atoms with Crippen LogP contribution in [0, 0.1) is 0 Å². The van der Waals surface area contributed by atoms with Gasteiger partial charge in [0.15, 0.2) is 0 Å². The van der Waals surface area contributed by atoms with Gasteiger partial charge in [-0.2, -0.15) is 0 Å². The number of hydrogen-bond donors (Lipinski definition) is 1. The topological polar surface area (TPSA) is 50.3 Å². The van der Waals surface area contributed by atoms with Crippen LogP contribution in [0.15, 0.2) is 12.5 Å². The number of ether oxygens (including phenoxy) is 1. The van der Waals surface area contributed by atoms with Crippen molar-refractivity contribution < 1.29 is 4.74 Å². The van der Waals surface area contributed by atoms with Crippen molar-refractivity contribution in [2.75, 3.05) is 31.1 Å². The molecule has 5 nitrogen and oxygen atoms in total. The first-order chi connectivity index (χ1) is 8.85. The maximum absolute atomic E-state index is 5.70. The molecule has 0 aromatic carbocycles. The van der Waals surface area contributed by atoms with Crippen LogP contribution in [0.4, 0.5) is 5.82 Å². The summed E-state index contributed by atoms with van der Waals surface area (Å²) < 4.78 is 5.70. The van der Waals surface area contributed by atoms with Crippen LogP contribution in [0.1, 0.15) is 25.8 Å². The first kappa shape index (κ1) is 13.2. The Hall–Kier alpha value is -1.20. The Kier molecular flexibility index (Phi) is 4.90. The normalized spacial score (nSPS) is 20.1. The van der Waals surface area contributed by atoms with Crippen molar-refractivity contribution in [2.24, 2.45) is 0 Å². The molecule has 1 aromatic rings. The summed E-state index contributed by atoms with van der Waals surface area (Å²) in [5.41, 5.74) is 1.16. The van der Waals surface area contributed by atoms with Gasteiger partial charge in [-0.3, -0.25) is 0 Å². The Morgan fingerprint density at radius 3 is 3.17 bits per heavy atom. The summed E-state index contributed by atoms with van der Waals surface area (Å²) in [4.78, 5) is 10.9. The van der Waals surface area contributed by atoms with E-state index in [-0.39, 0.29) is 0 Å². The van der Waals surface area contributed by atoms with E-state index in [1.54, 1.807) is 6.33 Å². The molecular formula is C13H22N4O. The predicted octanol–water partition coefficient (Wildman–Crippen LogP) is 1.20. The summed E-state index contributed by atoms with van der Waals surface area (Å²) in [5.74, 6) is 1.05. The van der Waals surface area contributed by atoms with Gasteiger partial charge in [0.05, 0.1) is 12.7 Å². The highest BCUT2D eigenvalue weighted by Crippen LogP contribution is 2.20. The minimum Gasteiger partial charge on any atom is -0.375 e. The summed E-state index contributed by atoms with van der Waals surface area (Å²) >= 11 is 0. The summed E-state index contributed by atoms with van der Waals surface area (Å²) in [7, 11) is 0. The number of nitrogens with one attached hydrogen (secondary N) is 1. The molecule has 0 spiro atoms. The van der Waals surface area contributed by atoms with Gasteiger partial charge in [-0.05, 0) is 13.0 Å². The lowest BCUT2D eigenvalue weighted by Crippen LogP contribution is -2.43. The van der Waals surface area contributed by atoms with Crippen LogP contribution < -0.4 is 10.2 Å². The van der Waals surface area contributed by atoms with Crippen LogP contribution >= 0.6 is 0 Å². The molecule has 1 atom stereocenters. The number of anilines is 1. The molecule has 5 heteroatoms. The van der Waals surface area contributed by atoms with Gasteiger partial charge in [-0.1, -0.05) is 13.8 Å². The maximum atomic E-state index is 5.70. The van der Waals surface area contributed by atoms with Crippen LogP contribution in [-0.4, -0.2) is 42.3 Å². The van der Waals surface area contributed by atoms with Crippen molar-refractivity contribution in [3.8, 4) is 0 Å². The lowest BCUT2D eigenvalue weighted by atomic mass is 10.2. The Bertz CT molecular complexity index is 372. The molecule has 2 rings (SSSR count). The van der Waals surface area contributed by atoms with E-state index in [2.05, 4.69) is 34.0 Å². The van der Waals surface area contributed by atoms with Crippen LogP contribution in [0.25, 0.3) is 0 Å². The molecule has 18 heavy (non-hydrogen) atoms. The van der Waals surface area contributed by atoms with Gasteiger partial charge >= 0.3 is 0 Å². The van der Waals surface area contributed by atoms with Crippen molar-refractivity contribution in [2.45, 2.75) is 32.9 Å². The molecule has 1 aliphatic rings. The molecule has 1 N–H and O–H groups in total. The molecule has 0 aliphatic carbocycles. The molecule has 0 radical (unpaired) electrons. The number of rotatable bonds is 5. The molecule has 0 bridgehead atoms. The molecule has 0 saturated carbocycles. The third-order valence-electron chi connectivity index (χ3n) is 3.22. The highest BCUT2D eigenvalue weighted by Gasteiger charge is 2.21. The van der Waals surface area contributed by atoms with Crippen molar-refractivity contribution in [3.05, 3.63) is 18.1 Å². The molecular weight excluding hydrogens is 228 g/mol. The standard InChI is InChI=1S/C13H22N4O/c1-3-12-9-17(5-6-18-12)13-11(7-14-4-2)8-15-10-16-13/h8,10,12,14H,3-7,9H2,1-2H3. The Balaban J connectivity index is 2.11. The minimum absolute atomic E-state index is 0.320. The summed E-state index contributed by atoms with van der Waals surface area (Å²) in [6, 6.07) is 0. The number of nitrogens with zero attached hydrogens (tertiary/aromatic N) is 3. The van der Waals surface area contributed by atoms with Crippen molar-refractivity contribution >= 4 is 5.82 Å². The SMILES string of the molecule is CCNCc1cncnc1N1CCOC(CC)C1. The third kappa shape index (κ3) is 3.17. The van der Waals surface area contributed by atoms with Gasteiger partial charge in [-0.25, -0.2) is 9.97 Å². The Labute approximate surface area is 109 Å². The van der Waals surface area contributed by atoms with Crippen LogP contribution in [0.5, 0.6) is 0 Å². The van der Waals surface area contributed by atoms with E-state index in [1.165, 1.54) is 0 Å². The van der Waals surface area contributed by atoms with Crippen molar-refractivity contribution in [3.63, 3.8) is 0 Å². The van der Waals surface area contributed by atoms with Gasteiger partial charge in [0, 0.05) is 31.4 Å². The van der Waals surface area contributed by atoms with Crippen molar-refractivity contribution in [1.82, 2.24) is 15.3 Å². The molecule has 1 saturated heterocycles. The zero-order valence-electron chi connectivity index (χ0n) is 11.2. The van der Waals surface area contributed by atoms with E-state index >= 15 is 0 Å². The highest BCUT2D eigenvalue weighted by atomic mass is 16.5. The number of aromatic nitrogens is 2. The van der Waals surface area contributed by atoms with Gasteiger partial charge in [0.1, 0.15) is 12.1 Å². The molecule has 2 heterocycles. The summed E-state index contributed by atoms with van der Waals surface area (Å²) in [5, 5.41) is 3.33. The van der Waals surface area contributed by atoms with Gasteiger partial charge in [-0.15, -0.1) is 0 Å². The second-order valence-electron chi connectivity index (χ2n) is 4.50.